The van der Waals surface area contributed by atoms with Crippen LogP contribution in [0.15, 0.2) is 0 Å². The molecule has 1 unspecified atom stereocenters. The highest BCUT2D eigenvalue weighted by Crippen LogP contribution is 2.22. The topological polar surface area (TPSA) is 78.6 Å². The predicted octanol–water partition coefficient (Wildman–Crippen LogP) is 11.8. The first-order chi connectivity index (χ1) is 21.5. The summed E-state index contributed by atoms with van der Waals surface area (Å²) in [6.45, 7) is 7.97. The Morgan fingerprint density at radius 2 is 0.773 bits per heavy atom. The molecule has 0 bridgehead atoms. The molecule has 0 aromatic carbocycles. The monoisotopic (exact) mass is 624 g/mol. The third-order valence-electron chi connectivity index (χ3n) is 9.12. The summed E-state index contributed by atoms with van der Waals surface area (Å²) in [5.74, 6) is 0.842. The van der Waals surface area contributed by atoms with Gasteiger partial charge in [0.1, 0.15) is 0 Å². The van der Waals surface area contributed by atoms with Crippen LogP contribution < -0.4 is 5.73 Å². The van der Waals surface area contributed by atoms with Crippen LogP contribution in [0.4, 0.5) is 0 Å². The predicted molar refractivity (Wildman–Crippen MR) is 189 cm³/mol. The Hall–Kier alpha value is -1.10. The maximum Gasteiger partial charge on any atom is 0.305 e. The fourth-order valence-corrected chi connectivity index (χ4v) is 6.09. The third-order valence-corrected chi connectivity index (χ3v) is 9.12. The van der Waals surface area contributed by atoms with Crippen LogP contribution in [0, 0.1) is 5.92 Å². The van der Waals surface area contributed by atoms with Gasteiger partial charge in [0.25, 0.3) is 0 Å². The molecule has 262 valence electrons. The number of ether oxygens (including phenoxy) is 2. The van der Waals surface area contributed by atoms with Gasteiger partial charge in [-0.25, -0.2) is 0 Å². The molecule has 0 aliphatic heterocycles. The van der Waals surface area contributed by atoms with Gasteiger partial charge in [0.15, 0.2) is 0 Å². The van der Waals surface area contributed by atoms with Crippen molar-refractivity contribution >= 4 is 11.9 Å². The van der Waals surface area contributed by atoms with E-state index in [1.54, 1.807) is 0 Å². The summed E-state index contributed by atoms with van der Waals surface area (Å²) in [5.41, 5.74) is 6.35. The maximum absolute atomic E-state index is 12.0. The van der Waals surface area contributed by atoms with E-state index in [0.29, 0.717) is 32.1 Å². The van der Waals surface area contributed by atoms with E-state index in [1.807, 2.05) is 0 Å². The Bertz CT molecular complexity index is 603. The molecule has 0 aliphatic rings. The summed E-state index contributed by atoms with van der Waals surface area (Å²) in [7, 11) is 0. The number of carbonyl (C=O) groups is 2. The molecule has 0 saturated heterocycles. The van der Waals surface area contributed by atoms with Gasteiger partial charge in [-0.3, -0.25) is 9.59 Å². The van der Waals surface area contributed by atoms with Gasteiger partial charge in [0.05, 0.1) is 13.2 Å². The highest BCUT2D eigenvalue weighted by atomic mass is 16.5. The van der Waals surface area contributed by atoms with Crippen LogP contribution in [0.1, 0.15) is 213 Å². The number of hydrogen-bond donors (Lipinski definition) is 1. The smallest absolute Gasteiger partial charge is 0.305 e. The zero-order chi connectivity index (χ0) is 32.4. The Balaban J connectivity index is 3.44. The second kappa shape index (κ2) is 34.8. The van der Waals surface area contributed by atoms with Crippen molar-refractivity contribution < 1.29 is 19.1 Å². The lowest BCUT2D eigenvalue weighted by molar-refractivity contribution is -0.144. The Morgan fingerprint density at radius 3 is 1.25 bits per heavy atom. The van der Waals surface area contributed by atoms with Crippen molar-refractivity contribution in [3.63, 3.8) is 0 Å². The van der Waals surface area contributed by atoms with Crippen molar-refractivity contribution in [1.29, 1.82) is 0 Å². The van der Waals surface area contributed by atoms with Crippen LogP contribution in [-0.4, -0.2) is 31.2 Å². The fourth-order valence-electron chi connectivity index (χ4n) is 6.09. The molecule has 0 heterocycles. The normalized spacial score (nSPS) is 12.1. The van der Waals surface area contributed by atoms with E-state index in [0.717, 1.165) is 57.3 Å². The van der Waals surface area contributed by atoms with Gasteiger partial charge in [-0.05, 0) is 50.9 Å². The van der Waals surface area contributed by atoms with Crippen molar-refractivity contribution in [2.45, 2.75) is 219 Å². The average molecular weight is 624 g/mol. The van der Waals surface area contributed by atoms with Crippen LogP contribution >= 0.6 is 0 Å². The number of hydrogen-bond acceptors (Lipinski definition) is 5. The highest BCUT2D eigenvalue weighted by Gasteiger charge is 2.09. The van der Waals surface area contributed by atoms with Gasteiger partial charge in [0, 0.05) is 18.9 Å². The molecule has 0 aromatic heterocycles. The molecular weight excluding hydrogens is 546 g/mol. The van der Waals surface area contributed by atoms with Crippen LogP contribution in [0.5, 0.6) is 0 Å². The molecule has 0 fully saturated rings. The molecule has 44 heavy (non-hydrogen) atoms. The van der Waals surface area contributed by atoms with Crippen molar-refractivity contribution in [1.82, 2.24) is 0 Å². The van der Waals surface area contributed by atoms with Crippen molar-refractivity contribution in [2.24, 2.45) is 11.7 Å². The minimum Gasteiger partial charge on any atom is -0.466 e. The van der Waals surface area contributed by atoms with E-state index in [4.69, 9.17) is 15.2 Å². The van der Waals surface area contributed by atoms with Crippen molar-refractivity contribution in [2.75, 3.05) is 13.2 Å². The lowest BCUT2D eigenvalue weighted by Crippen LogP contribution is -2.19. The van der Waals surface area contributed by atoms with E-state index in [9.17, 15) is 9.59 Å². The number of unbranched alkanes of at least 4 members (excludes halogenated alkanes) is 17. The quantitative estimate of drug-likeness (QED) is 0.0561. The standard InChI is InChI=1S/C39H77NO4/c1-4-7-10-19-25-34-43-38(41)32-22-17-13-11-12-15-20-30-37(40)31-21-16-14-18-23-33-39(42)44-35-26-24-29-36(27-8-5-2)28-9-6-3/h36-37H,4-35,40H2,1-3H3. The third kappa shape index (κ3) is 32.3. The molecule has 0 aromatic rings. The van der Waals surface area contributed by atoms with Crippen molar-refractivity contribution in [3.8, 4) is 0 Å². The number of rotatable bonds is 35. The summed E-state index contributed by atoms with van der Waals surface area (Å²) in [4.78, 5) is 23.8. The zero-order valence-electron chi connectivity index (χ0n) is 30.0. The number of nitrogens with two attached hydrogens (primary N) is 1. The summed E-state index contributed by atoms with van der Waals surface area (Å²) in [5, 5.41) is 0. The molecule has 5 heteroatoms. The SMILES string of the molecule is CCCCCCCOC(=O)CCCCCCCCCC(N)CCCCCCCC(=O)OCCCCC(CCCC)CCCC. The average Bonchev–Trinajstić information content (AvgIpc) is 3.02. The number of carbonyl (C=O) groups excluding carboxylic acids is 2. The van der Waals surface area contributed by atoms with E-state index in [1.165, 1.54) is 128 Å². The first-order valence-electron chi connectivity index (χ1n) is 19.6. The summed E-state index contributed by atoms with van der Waals surface area (Å²) in [6.07, 6.45) is 34.9. The van der Waals surface area contributed by atoms with E-state index >= 15 is 0 Å². The summed E-state index contributed by atoms with van der Waals surface area (Å²) in [6, 6.07) is 0.330. The van der Waals surface area contributed by atoms with Gasteiger partial charge in [-0.2, -0.15) is 0 Å². The van der Waals surface area contributed by atoms with E-state index < -0.39 is 0 Å². The largest absolute Gasteiger partial charge is 0.466 e. The Kier molecular flexibility index (Phi) is 33.9. The first kappa shape index (κ1) is 42.9. The van der Waals surface area contributed by atoms with Crippen LogP contribution in [-0.2, 0) is 19.1 Å². The lowest BCUT2D eigenvalue weighted by atomic mass is 9.91. The second-order valence-corrected chi connectivity index (χ2v) is 13.6. The Morgan fingerprint density at radius 1 is 0.432 bits per heavy atom. The molecule has 0 spiro atoms. The molecule has 0 radical (unpaired) electrons. The second-order valence-electron chi connectivity index (χ2n) is 13.6. The molecule has 0 rings (SSSR count). The number of esters is 2. The fraction of sp³-hybridized carbons (Fsp3) is 0.949. The van der Waals surface area contributed by atoms with E-state index in [2.05, 4.69) is 20.8 Å². The molecule has 2 N–H and O–H groups in total. The zero-order valence-corrected chi connectivity index (χ0v) is 30.0. The molecule has 5 nitrogen and oxygen atoms in total. The van der Waals surface area contributed by atoms with Crippen LogP contribution in [0.2, 0.25) is 0 Å². The van der Waals surface area contributed by atoms with Gasteiger partial charge in [0.2, 0.25) is 0 Å². The highest BCUT2D eigenvalue weighted by molar-refractivity contribution is 5.69. The summed E-state index contributed by atoms with van der Waals surface area (Å²) < 4.78 is 10.8. The lowest BCUT2D eigenvalue weighted by Gasteiger charge is -2.16. The first-order valence-corrected chi connectivity index (χ1v) is 19.6. The molecular formula is C39H77NO4. The minimum absolute atomic E-state index is 0.0101. The van der Waals surface area contributed by atoms with Gasteiger partial charge in [-0.15, -0.1) is 0 Å². The van der Waals surface area contributed by atoms with Gasteiger partial charge >= 0.3 is 11.9 Å². The van der Waals surface area contributed by atoms with Crippen LogP contribution in [0.25, 0.3) is 0 Å². The van der Waals surface area contributed by atoms with Crippen LogP contribution in [0.3, 0.4) is 0 Å². The minimum atomic E-state index is -0.0147. The molecule has 0 saturated carbocycles. The van der Waals surface area contributed by atoms with Gasteiger partial charge in [-0.1, -0.05) is 156 Å². The molecule has 1 atom stereocenters. The molecule has 0 aliphatic carbocycles. The maximum atomic E-state index is 12.0. The molecule has 0 amide bonds. The van der Waals surface area contributed by atoms with Gasteiger partial charge < -0.3 is 15.2 Å². The van der Waals surface area contributed by atoms with E-state index in [-0.39, 0.29) is 11.9 Å². The summed E-state index contributed by atoms with van der Waals surface area (Å²) >= 11 is 0. The Labute approximate surface area is 274 Å². The van der Waals surface area contributed by atoms with Crippen molar-refractivity contribution in [3.05, 3.63) is 0 Å².